The van der Waals surface area contributed by atoms with Crippen LogP contribution in [-0.2, 0) is 4.74 Å². The fourth-order valence-corrected chi connectivity index (χ4v) is 3.69. The van der Waals surface area contributed by atoms with Gasteiger partial charge >= 0.3 is 6.09 Å². The summed E-state index contributed by atoms with van der Waals surface area (Å²) in [7, 11) is 0. The molecule has 2 atom stereocenters. The second-order valence-electron chi connectivity index (χ2n) is 9.32. The number of rotatable bonds is 3. The Kier molecular flexibility index (Phi) is 5.92. The van der Waals surface area contributed by atoms with Crippen LogP contribution < -0.4 is 10.1 Å². The highest BCUT2D eigenvalue weighted by atomic mass is 79.9. The zero-order chi connectivity index (χ0) is 24.0. The summed E-state index contributed by atoms with van der Waals surface area (Å²) in [5.74, 6) is 0.970. The minimum absolute atomic E-state index is 0.249. The molecule has 3 heterocycles. The van der Waals surface area contributed by atoms with E-state index in [9.17, 15) is 9.90 Å². The van der Waals surface area contributed by atoms with Crippen molar-refractivity contribution in [3.05, 3.63) is 46.6 Å². The van der Waals surface area contributed by atoms with Crippen molar-refractivity contribution < 1.29 is 23.9 Å². The van der Waals surface area contributed by atoms with Crippen LogP contribution in [0.3, 0.4) is 0 Å². The number of halogens is 1. The summed E-state index contributed by atoms with van der Waals surface area (Å²) in [6, 6.07) is 8.41. The number of pyridine rings is 1. The summed E-state index contributed by atoms with van der Waals surface area (Å²) in [5, 5.41) is 17.7. The Morgan fingerprint density at radius 2 is 1.91 bits per heavy atom. The molecule has 1 aliphatic heterocycles. The van der Waals surface area contributed by atoms with Crippen LogP contribution in [0.2, 0.25) is 0 Å². The van der Waals surface area contributed by atoms with Crippen molar-refractivity contribution in [3.8, 4) is 28.7 Å². The molecule has 3 aromatic rings. The number of alkyl carbamates (subject to hydrolysis) is 1. The molecule has 4 rings (SSSR count). The van der Waals surface area contributed by atoms with Crippen molar-refractivity contribution >= 4 is 22.0 Å². The normalized spacial score (nSPS) is 19.4. The highest BCUT2D eigenvalue weighted by Crippen LogP contribution is 2.40. The summed E-state index contributed by atoms with van der Waals surface area (Å²) in [6.45, 7) is 8.75. The van der Waals surface area contributed by atoms with E-state index in [0.717, 1.165) is 10.0 Å². The number of nitrogens with one attached hydrogen (secondary N) is 1. The Morgan fingerprint density at radius 3 is 2.58 bits per heavy atom. The Morgan fingerprint density at radius 1 is 1.21 bits per heavy atom. The van der Waals surface area contributed by atoms with Crippen LogP contribution >= 0.6 is 15.9 Å². The molecule has 0 radical (unpaired) electrons. The van der Waals surface area contributed by atoms with E-state index in [1.807, 2.05) is 24.3 Å². The van der Waals surface area contributed by atoms with Gasteiger partial charge in [-0.3, -0.25) is 0 Å². The van der Waals surface area contributed by atoms with E-state index >= 15 is 0 Å². The lowest BCUT2D eigenvalue weighted by atomic mass is 9.87. The summed E-state index contributed by atoms with van der Waals surface area (Å²) in [6.07, 6.45) is -0.165. The first-order valence-corrected chi connectivity index (χ1v) is 11.2. The minimum atomic E-state index is -1.06. The van der Waals surface area contributed by atoms with E-state index in [0.29, 0.717) is 22.8 Å². The molecule has 0 aliphatic carbocycles. The van der Waals surface area contributed by atoms with Crippen LogP contribution in [0.1, 0.15) is 46.2 Å². The van der Waals surface area contributed by atoms with Gasteiger partial charge in [0.25, 0.3) is 5.89 Å². The lowest BCUT2D eigenvalue weighted by Crippen LogP contribution is -2.54. The molecule has 0 saturated heterocycles. The molecule has 9 nitrogen and oxygen atoms in total. The Bertz CT molecular complexity index is 1170. The lowest BCUT2D eigenvalue weighted by molar-refractivity contribution is -0.0680. The van der Waals surface area contributed by atoms with Crippen LogP contribution in [0.15, 0.2) is 45.5 Å². The van der Waals surface area contributed by atoms with E-state index in [2.05, 4.69) is 36.4 Å². The molecule has 0 saturated carbocycles. The number of nitrogens with zero attached hydrogens (tertiary/aromatic N) is 3. The molecular weight excluding hydrogens is 492 g/mol. The van der Waals surface area contributed by atoms with Crippen LogP contribution in [0.5, 0.6) is 5.88 Å². The molecule has 0 fully saturated rings. The van der Waals surface area contributed by atoms with Gasteiger partial charge in [0.05, 0.1) is 11.6 Å². The van der Waals surface area contributed by atoms with Crippen LogP contribution in [0, 0.1) is 0 Å². The Hall–Kier alpha value is -2.98. The molecule has 174 valence electrons. The molecule has 0 spiro atoms. The maximum Gasteiger partial charge on any atom is 0.408 e. The number of ether oxygens (including phenoxy) is 2. The van der Waals surface area contributed by atoms with Gasteiger partial charge in [-0.1, -0.05) is 21.1 Å². The van der Waals surface area contributed by atoms with Gasteiger partial charge in [0, 0.05) is 21.8 Å². The van der Waals surface area contributed by atoms with Gasteiger partial charge in [-0.2, -0.15) is 4.98 Å². The smallest absolute Gasteiger partial charge is 0.408 e. The van der Waals surface area contributed by atoms with Crippen LogP contribution in [0.4, 0.5) is 4.79 Å². The lowest BCUT2D eigenvalue weighted by Gasteiger charge is -2.41. The van der Waals surface area contributed by atoms with Gasteiger partial charge in [0.2, 0.25) is 11.7 Å². The average Bonchev–Trinajstić information content (AvgIpc) is 3.20. The van der Waals surface area contributed by atoms with Gasteiger partial charge in [-0.05, 0) is 65.0 Å². The molecule has 2 unspecified atom stereocenters. The first kappa shape index (κ1) is 23.2. The van der Waals surface area contributed by atoms with Gasteiger partial charge in [0.15, 0.2) is 0 Å². The molecule has 2 aromatic heterocycles. The highest BCUT2D eigenvalue weighted by molar-refractivity contribution is 9.10. The van der Waals surface area contributed by atoms with Crippen molar-refractivity contribution in [2.45, 2.75) is 58.0 Å². The first-order chi connectivity index (χ1) is 15.4. The number of carbonyl (C=O) groups is 1. The third-order valence-corrected chi connectivity index (χ3v) is 5.58. The van der Waals surface area contributed by atoms with Crippen molar-refractivity contribution in [3.63, 3.8) is 0 Å². The third-order valence-electron chi connectivity index (χ3n) is 5.05. The number of aliphatic hydroxyl groups excluding tert-OH is 1. The van der Waals surface area contributed by atoms with E-state index in [1.54, 1.807) is 46.9 Å². The predicted octanol–water partition coefficient (Wildman–Crippen LogP) is 4.66. The molecule has 10 heteroatoms. The second kappa shape index (κ2) is 8.42. The van der Waals surface area contributed by atoms with E-state index in [4.69, 9.17) is 14.0 Å². The van der Waals surface area contributed by atoms with Crippen molar-refractivity contribution in [1.29, 1.82) is 0 Å². The number of hydrogen-bond acceptors (Lipinski definition) is 8. The molecule has 0 bridgehead atoms. The van der Waals surface area contributed by atoms with Crippen molar-refractivity contribution in [1.82, 2.24) is 20.4 Å². The molecule has 1 amide bonds. The number of carbonyl (C=O) groups excluding carboxylic acids is 1. The highest BCUT2D eigenvalue weighted by Gasteiger charge is 2.45. The topological polar surface area (TPSA) is 120 Å². The predicted molar refractivity (Wildman–Crippen MR) is 123 cm³/mol. The quantitative estimate of drug-likeness (QED) is 0.515. The fraction of sp³-hybridized carbons (Fsp3) is 0.391. The molecule has 33 heavy (non-hydrogen) atoms. The first-order valence-electron chi connectivity index (χ1n) is 10.4. The van der Waals surface area contributed by atoms with E-state index in [1.165, 1.54) is 0 Å². The molecule has 1 aromatic carbocycles. The van der Waals surface area contributed by atoms with Gasteiger partial charge in [-0.15, -0.1) is 0 Å². The zero-order valence-corrected chi connectivity index (χ0v) is 20.5. The van der Waals surface area contributed by atoms with E-state index in [-0.39, 0.29) is 5.89 Å². The van der Waals surface area contributed by atoms with Crippen LogP contribution in [0.25, 0.3) is 22.8 Å². The summed E-state index contributed by atoms with van der Waals surface area (Å²) in [4.78, 5) is 21.3. The van der Waals surface area contributed by atoms with E-state index < -0.39 is 29.4 Å². The zero-order valence-electron chi connectivity index (χ0n) is 18.9. The molecular formula is C23H25BrN4O5. The largest absolute Gasteiger partial charge is 0.469 e. The molecule has 2 N–H and O–H groups in total. The minimum Gasteiger partial charge on any atom is -0.469 e. The fourth-order valence-electron chi connectivity index (χ4n) is 3.42. The number of aromatic nitrogens is 3. The standard InChI is InChI=1S/C23H25BrN4O5/c1-22(2,3)32-21(30)26-16-15-10-13(11-25-20(15)31-23(4,5)17(16)29)19-27-18(28-33-19)12-6-8-14(24)9-7-12/h6-11,16-17,29H,1-5H3,(H,26,30). The SMILES string of the molecule is CC(C)(C)OC(=O)NC1c2cc(-c3nc(-c4ccc(Br)cc4)no3)cnc2OC(C)(C)C1O. The number of amides is 1. The molecule has 1 aliphatic rings. The Balaban J connectivity index is 1.67. The average molecular weight is 517 g/mol. The monoisotopic (exact) mass is 516 g/mol. The summed E-state index contributed by atoms with van der Waals surface area (Å²) < 4.78 is 17.7. The summed E-state index contributed by atoms with van der Waals surface area (Å²) >= 11 is 3.40. The third kappa shape index (κ3) is 5.01. The number of benzene rings is 1. The maximum absolute atomic E-state index is 12.5. The maximum atomic E-state index is 12.5. The van der Waals surface area contributed by atoms with Gasteiger partial charge in [0.1, 0.15) is 17.3 Å². The van der Waals surface area contributed by atoms with Gasteiger partial charge < -0.3 is 24.4 Å². The summed E-state index contributed by atoms with van der Waals surface area (Å²) in [5.41, 5.74) is 0.125. The second-order valence-corrected chi connectivity index (χ2v) is 10.2. The van der Waals surface area contributed by atoms with Gasteiger partial charge in [-0.25, -0.2) is 9.78 Å². The van der Waals surface area contributed by atoms with Crippen molar-refractivity contribution in [2.75, 3.05) is 0 Å². The number of fused-ring (bicyclic) bond motifs is 1. The number of aliphatic hydroxyl groups is 1. The number of hydrogen-bond donors (Lipinski definition) is 2. The Labute approximate surface area is 199 Å². The van der Waals surface area contributed by atoms with Crippen LogP contribution in [-0.4, -0.2) is 43.6 Å². The van der Waals surface area contributed by atoms with Crippen molar-refractivity contribution in [2.24, 2.45) is 0 Å².